The van der Waals surface area contributed by atoms with Crippen molar-refractivity contribution >= 4 is 5.91 Å². The summed E-state index contributed by atoms with van der Waals surface area (Å²) >= 11 is 0. The second-order valence-corrected chi connectivity index (χ2v) is 6.08. The van der Waals surface area contributed by atoms with Crippen LogP contribution in [0.15, 0.2) is 36.7 Å². The second kappa shape index (κ2) is 6.93. The van der Waals surface area contributed by atoms with Crippen LogP contribution in [0.25, 0.3) is 0 Å². The van der Waals surface area contributed by atoms with Gasteiger partial charge in [0.05, 0.1) is 12.4 Å². The first-order valence-electron chi connectivity index (χ1n) is 7.95. The van der Waals surface area contributed by atoms with E-state index in [1.54, 1.807) is 10.9 Å². The van der Waals surface area contributed by atoms with E-state index < -0.39 is 0 Å². The molecule has 6 nitrogen and oxygen atoms in total. The number of hydrazine groups is 1. The minimum atomic E-state index is -0.0407. The van der Waals surface area contributed by atoms with Crippen molar-refractivity contribution in [3.8, 4) is 0 Å². The molecule has 0 aliphatic carbocycles. The number of carbonyl (C=O) groups excluding carboxylic acids is 1. The molecule has 3 N–H and O–H groups in total. The molecule has 2 unspecified atom stereocenters. The van der Waals surface area contributed by atoms with Gasteiger partial charge in [-0.3, -0.25) is 9.48 Å². The van der Waals surface area contributed by atoms with Gasteiger partial charge in [0.25, 0.3) is 0 Å². The van der Waals surface area contributed by atoms with Crippen molar-refractivity contribution in [1.82, 2.24) is 25.9 Å². The summed E-state index contributed by atoms with van der Waals surface area (Å²) in [6.45, 7) is 2.11. The zero-order valence-corrected chi connectivity index (χ0v) is 13.5. The smallest absolute Gasteiger partial charge is 0.221 e. The van der Waals surface area contributed by atoms with Crippen molar-refractivity contribution in [2.24, 2.45) is 7.05 Å². The summed E-state index contributed by atoms with van der Waals surface area (Å²) in [5.41, 5.74) is 10.0. The largest absolute Gasteiger partial charge is 0.339 e. The zero-order chi connectivity index (χ0) is 16.2. The molecule has 2 aromatic rings. The zero-order valence-electron chi connectivity index (χ0n) is 13.5. The maximum Gasteiger partial charge on any atom is 0.221 e. The highest BCUT2D eigenvalue weighted by atomic mass is 16.1. The Hall–Kier alpha value is -2.18. The first-order chi connectivity index (χ1) is 11.1. The highest BCUT2D eigenvalue weighted by molar-refractivity contribution is 5.76. The fourth-order valence-electron chi connectivity index (χ4n) is 2.96. The molecule has 0 radical (unpaired) electrons. The molecule has 2 heterocycles. The quantitative estimate of drug-likeness (QED) is 0.779. The number of aryl methyl sites for hydroxylation is 3. The predicted molar refractivity (Wildman–Crippen MR) is 88.3 cm³/mol. The van der Waals surface area contributed by atoms with Crippen molar-refractivity contribution in [3.63, 3.8) is 0 Å². The average molecular weight is 313 g/mol. The number of benzene rings is 1. The number of hydrogen-bond donors (Lipinski definition) is 3. The molecule has 1 fully saturated rings. The molecule has 122 valence electrons. The number of amides is 1. The summed E-state index contributed by atoms with van der Waals surface area (Å²) < 4.78 is 1.75. The first kappa shape index (κ1) is 15.7. The maximum atomic E-state index is 12.1. The molecule has 0 spiro atoms. The summed E-state index contributed by atoms with van der Waals surface area (Å²) in [6, 6.07) is 8.54. The summed E-state index contributed by atoms with van der Waals surface area (Å²) in [6.07, 6.45) is 5.72. The van der Waals surface area contributed by atoms with Crippen molar-refractivity contribution < 1.29 is 4.79 Å². The lowest BCUT2D eigenvalue weighted by Crippen LogP contribution is -2.44. The highest BCUT2D eigenvalue weighted by Crippen LogP contribution is 2.24. The van der Waals surface area contributed by atoms with Gasteiger partial charge < -0.3 is 5.32 Å². The van der Waals surface area contributed by atoms with Gasteiger partial charge in [0, 0.05) is 32.1 Å². The molecule has 1 aliphatic rings. The number of rotatable bonds is 5. The summed E-state index contributed by atoms with van der Waals surface area (Å²) in [7, 11) is 1.88. The highest BCUT2D eigenvalue weighted by Gasteiger charge is 2.26. The number of nitrogens with one attached hydrogen (secondary N) is 3. The van der Waals surface area contributed by atoms with Crippen LogP contribution in [0.3, 0.4) is 0 Å². The number of nitrogens with zero attached hydrogens (tertiary/aromatic N) is 2. The van der Waals surface area contributed by atoms with Gasteiger partial charge >= 0.3 is 0 Å². The lowest BCUT2D eigenvalue weighted by molar-refractivity contribution is -0.121. The van der Waals surface area contributed by atoms with Gasteiger partial charge in [0.15, 0.2) is 0 Å². The van der Waals surface area contributed by atoms with Crippen LogP contribution in [0, 0.1) is 6.92 Å². The van der Waals surface area contributed by atoms with Gasteiger partial charge in [-0.05, 0) is 30.0 Å². The fourth-order valence-corrected chi connectivity index (χ4v) is 2.96. The predicted octanol–water partition coefficient (Wildman–Crippen LogP) is 1.34. The van der Waals surface area contributed by atoms with E-state index in [2.05, 4.69) is 40.3 Å². The molecule has 0 saturated carbocycles. The molecule has 0 bridgehead atoms. The topological polar surface area (TPSA) is 71.0 Å². The minimum absolute atomic E-state index is 0.0407. The van der Waals surface area contributed by atoms with Crippen molar-refractivity contribution in [2.75, 3.05) is 0 Å². The lowest BCUT2D eigenvalue weighted by Gasteiger charge is -2.13. The van der Waals surface area contributed by atoms with E-state index in [1.165, 1.54) is 11.1 Å². The Kier molecular flexibility index (Phi) is 4.73. The maximum absolute atomic E-state index is 12.1. The van der Waals surface area contributed by atoms with Crippen LogP contribution in [0.1, 0.15) is 35.6 Å². The van der Waals surface area contributed by atoms with Crippen molar-refractivity contribution in [2.45, 2.75) is 38.4 Å². The average Bonchev–Trinajstić information content (AvgIpc) is 3.15. The van der Waals surface area contributed by atoms with Gasteiger partial charge in [-0.1, -0.05) is 24.3 Å². The van der Waals surface area contributed by atoms with Crippen LogP contribution in [-0.2, 0) is 18.3 Å². The molecular weight excluding hydrogens is 290 g/mol. The molecule has 2 atom stereocenters. The van der Waals surface area contributed by atoms with Gasteiger partial charge in [-0.2, -0.15) is 5.10 Å². The van der Waals surface area contributed by atoms with E-state index in [0.29, 0.717) is 12.8 Å². The van der Waals surface area contributed by atoms with Gasteiger partial charge in [-0.15, -0.1) is 0 Å². The van der Waals surface area contributed by atoms with Gasteiger partial charge in [0.1, 0.15) is 0 Å². The Morgan fingerprint density at radius 2 is 2.22 bits per heavy atom. The molecule has 1 aromatic heterocycles. The van der Waals surface area contributed by atoms with E-state index in [1.807, 2.05) is 25.4 Å². The summed E-state index contributed by atoms with van der Waals surface area (Å²) in [5.74, 6) is 0.0542. The van der Waals surface area contributed by atoms with Gasteiger partial charge in [-0.25, -0.2) is 10.9 Å². The normalized spacial score (nSPS) is 20.6. The monoisotopic (exact) mass is 313 g/mol. The molecule has 1 aliphatic heterocycles. The van der Waals surface area contributed by atoms with E-state index >= 15 is 0 Å². The third-order valence-electron chi connectivity index (χ3n) is 4.20. The van der Waals surface area contributed by atoms with Crippen LogP contribution in [0.4, 0.5) is 0 Å². The van der Waals surface area contributed by atoms with Crippen LogP contribution in [0.2, 0.25) is 0 Å². The van der Waals surface area contributed by atoms with Crippen LogP contribution < -0.4 is 16.2 Å². The Morgan fingerprint density at radius 3 is 2.96 bits per heavy atom. The van der Waals surface area contributed by atoms with E-state index in [-0.39, 0.29) is 18.1 Å². The number of hydrogen-bond acceptors (Lipinski definition) is 4. The molecular formula is C17H23N5O. The third-order valence-corrected chi connectivity index (χ3v) is 4.20. The minimum Gasteiger partial charge on any atom is -0.339 e. The Morgan fingerprint density at radius 1 is 1.39 bits per heavy atom. The van der Waals surface area contributed by atoms with Crippen molar-refractivity contribution in [1.29, 1.82) is 0 Å². The third kappa shape index (κ3) is 3.97. The second-order valence-electron chi connectivity index (χ2n) is 6.08. The summed E-state index contributed by atoms with van der Waals surface area (Å²) in [5, 5.41) is 7.15. The van der Waals surface area contributed by atoms with Crippen LogP contribution in [0.5, 0.6) is 0 Å². The Labute approximate surface area is 136 Å². The number of carbonyl (C=O) groups is 1. The van der Waals surface area contributed by atoms with Gasteiger partial charge in [0.2, 0.25) is 5.91 Å². The van der Waals surface area contributed by atoms with Crippen LogP contribution in [-0.4, -0.2) is 21.9 Å². The molecule has 1 amide bonds. The first-order valence-corrected chi connectivity index (χ1v) is 7.95. The van der Waals surface area contributed by atoms with E-state index in [0.717, 1.165) is 12.0 Å². The molecule has 1 aromatic carbocycles. The molecule has 1 saturated heterocycles. The number of aromatic nitrogens is 2. The molecule has 3 rings (SSSR count). The molecule has 6 heteroatoms. The molecule has 23 heavy (non-hydrogen) atoms. The van der Waals surface area contributed by atoms with E-state index in [9.17, 15) is 4.79 Å². The summed E-state index contributed by atoms with van der Waals surface area (Å²) in [4.78, 5) is 12.1. The standard InChI is InChI=1S/C17H23N5O/c1-12-5-3-4-6-14(12)15-9-16(21-20-15)19-17(23)8-7-13-10-18-22(2)11-13/h3-6,10-11,15-16,20-21H,7-9H2,1-2H3,(H,19,23). The Balaban J connectivity index is 1.48. The fraction of sp³-hybridized carbons (Fsp3) is 0.412. The SMILES string of the molecule is Cc1ccccc1C1CC(NC(=O)CCc2cnn(C)c2)NN1. The van der Waals surface area contributed by atoms with E-state index in [4.69, 9.17) is 0 Å². The van der Waals surface area contributed by atoms with Crippen LogP contribution >= 0.6 is 0 Å². The van der Waals surface area contributed by atoms with Crippen molar-refractivity contribution in [3.05, 3.63) is 53.3 Å². The lowest BCUT2D eigenvalue weighted by atomic mass is 9.99. The Bertz CT molecular complexity index is 681.